The van der Waals surface area contributed by atoms with Gasteiger partial charge in [0.25, 0.3) is 0 Å². The van der Waals surface area contributed by atoms with Crippen LogP contribution in [0.2, 0.25) is 0 Å². The summed E-state index contributed by atoms with van der Waals surface area (Å²) in [6.45, 7) is 3.52. The third-order valence-electron chi connectivity index (χ3n) is 2.06. The number of nitrogens with one attached hydrogen (secondary N) is 2. The molecule has 0 fully saturated rings. The summed E-state index contributed by atoms with van der Waals surface area (Å²) < 4.78 is 5.06. The van der Waals surface area contributed by atoms with E-state index in [1.165, 1.54) is 5.56 Å². The first-order valence-corrected chi connectivity index (χ1v) is 6.17. The van der Waals surface area contributed by atoms with Crippen LogP contribution in [0.25, 0.3) is 0 Å². The highest BCUT2D eigenvalue weighted by Crippen LogP contribution is 2.04. The highest BCUT2D eigenvalue weighted by atomic mass is 32.1. The van der Waals surface area contributed by atoms with E-state index in [9.17, 15) is 0 Å². The van der Waals surface area contributed by atoms with E-state index in [2.05, 4.69) is 39.4 Å². The SMILES string of the molecule is CN=C(NCc1ccsc1)N[C@@H](C)COC. The van der Waals surface area contributed by atoms with E-state index in [1.54, 1.807) is 25.5 Å². The molecule has 1 aromatic heterocycles. The summed E-state index contributed by atoms with van der Waals surface area (Å²) in [6.07, 6.45) is 0. The summed E-state index contributed by atoms with van der Waals surface area (Å²) >= 11 is 1.70. The van der Waals surface area contributed by atoms with Gasteiger partial charge < -0.3 is 15.4 Å². The second-order valence-corrected chi connectivity index (χ2v) is 4.34. The summed E-state index contributed by atoms with van der Waals surface area (Å²) in [4.78, 5) is 4.15. The molecule has 1 atom stereocenters. The number of aliphatic imine (C=N–C) groups is 1. The van der Waals surface area contributed by atoms with Crippen LogP contribution in [0.1, 0.15) is 12.5 Å². The molecule has 0 aliphatic rings. The predicted octanol–water partition coefficient (Wildman–Crippen LogP) is 1.45. The molecule has 0 aromatic carbocycles. The van der Waals surface area contributed by atoms with Gasteiger partial charge in [0, 0.05) is 26.7 Å². The third-order valence-corrected chi connectivity index (χ3v) is 2.80. The Bertz CT molecular complexity index is 311. The largest absolute Gasteiger partial charge is 0.383 e. The van der Waals surface area contributed by atoms with Crippen LogP contribution in [0, 0.1) is 0 Å². The van der Waals surface area contributed by atoms with Crippen LogP contribution in [-0.2, 0) is 11.3 Å². The monoisotopic (exact) mass is 241 g/mol. The number of hydrogen-bond acceptors (Lipinski definition) is 3. The Morgan fingerprint density at radius 2 is 2.44 bits per heavy atom. The molecule has 0 amide bonds. The Labute approximate surface area is 101 Å². The van der Waals surface area contributed by atoms with Gasteiger partial charge in [-0.1, -0.05) is 0 Å². The van der Waals surface area contributed by atoms with Crippen LogP contribution < -0.4 is 10.6 Å². The second kappa shape index (κ2) is 7.24. The Morgan fingerprint density at radius 3 is 3.00 bits per heavy atom. The molecule has 5 heteroatoms. The zero-order valence-corrected chi connectivity index (χ0v) is 10.8. The highest BCUT2D eigenvalue weighted by Gasteiger charge is 2.04. The summed E-state index contributed by atoms with van der Waals surface area (Å²) in [5.41, 5.74) is 1.27. The molecular formula is C11H19N3OS. The van der Waals surface area contributed by atoms with E-state index in [0.29, 0.717) is 6.61 Å². The molecule has 0 bridgehead atoms. The summed E-state index contributed by atoms with van der Waals surface area (Å²) in [5.74, 6) is 0.802. The topological polar surface area (TPSA) is 45.7 Å². The van der Waals surface area contributed by atoms with Crippen LogP contribution in [0.15, 0.2) is 21.8 Å². The molecule has 1 heterocycles. The summed E-state index contributed by atoms with van der Waals surface area (Å²) in [7, 11) is 3.46. The van der Waals surface area contributed by atoms with Gasteiger partial charge in [0.15, 0.2) is 5.96 Å². The molecule has 4 nitrogen and oxygen atoms in total. The lowest BCUT2D eigenvalue weighted by Gasteiger charge is -2.16. The van der Waals surface area contributed by atoms with Gasteiger partial charge in [0.05, 0.1) is 6.61 Å². The molecule has 0 radical (unpaired) electrons. The number of guanidine groups is 1. The minimum absolute atomic E-state index is 0.249. The van der Waals surface area contributed by atoms with Crippen molar-refractivity contribution in [1.29, 1.82) is 0 Å². The number of methoxy groups -OCH3 is 1. The number of thiophene rings is 1. The molecule has 0 unspecified atom stereocenters. The van der Waals surface area contributed by atoms with E-state index >= 15 is 0 Å². The first kappa shape index (κ1) is 13.0. The number of ether oxygens (including phenoxy) is 1. The van der Waals surface area contributed by atoms with Crippen molar-refractivity contribution < 1.29 is 4.74 Å². The van der Waals surface area contributed by atoms with Crippen LogP contribution in [0.5, 0.6) is 0 Å². The van der Waals surface area contributed by atoms with Crippen molar-refractivity contribution >= 4 is 17.3 Å². The van der Waals surface area contributed by atoms with Crippen LogP contribution in [0.3, 0.4) is 0 Å². The summed E-state index contributed by atoms with van der Waals surface area (Å²) in [6, 6.07) is 2.35. The first-order valence-electron chi connectivity index (χ1n) is 5.23. The number of nitrogens with zero attached hydrogens (tertiary/aromatic N) is 1. The van der Waals surface area contributed by atoms with Crippen molar-refractivity contribution in [2.24, 2.45) is 4.99 Å². The molecular weight excluding hydrogens is 222 g/mol. The number of hydrogen-bond donors (Lipinski definition) is 2. The van der Waals surface area contributed by atoms with Gasteiger partial charge in [-0.25, -0.2) is 0 Å². The Hall–Kier alpha value is -1.07. The van der Waals surface area contributed by atoms with E-state index in [0.717, 1.165) is 12.5 Å². The minimum Gasteiger partial charge on any atom is -0.383 e. The van der Waals surface area contributed by atoms with E-state index in [-0.39, 0.29) is 6.04 Å². The first-order chi connectivity index (χ1) is 7.76. The zero-order valence-electron chi connectivity index (χ0n) is 9.99. The van der Waals surface area contributed by atoms with Crippen molar-refractivity contribution in [2.45, 2.75) is 19.5 Å². The predicted molar refractivity (Wildman–Crippen MR) is 69.0 cm³/mol. The van der Waals surface area contributed by atoms with Gasteiger partial charge in [-0.2, -0.15) is 11.3 Å². The Morgan fingerprint density at radius 1 is 1.62 bits per heavy atom. The smallest absolute Gasteiger partial charge is 0.191 e. The lowest BCUT2D eigenvalue weighted by molar-refractivity contribution is 0.179. The van der Waals surface area contributed by atoms with Gasteiger partial charge in [-0.3, -0.25) is 4.99 Å². The maximum absolute atomic E-state index is 5.06. The third kappa shape index (κ3) is 4.63. The van der Waals surface area contributed by atoms with E-state index in [1.807, 2.05) is 0 Å². The van der Waals surface area contributed by atoms with Gasteiger partial charge in [-0.05, 0) is 29.3 Å². The van der Waals surface area contributed by atoms with Gasteiger partial charge in [-0.15, -0.1) is 0 Å². The van der Waals surface area contributed by atoms with Crippen LogP contribution in [0.4, 0.5) is 0 Å². The van der Waals surface area contributed by atoms with Crippen molar-refractivity contribution in [1.82, 2.24) is 10.6 Å². The van der Waals surface area contributed by atoms with Crippen molar-refractivity contribution in [3.8, 4) is 0 Å². The van der Waals surface area contributed by atoms with Crippen molar-refractivity contribution in [3.05, 3.63) is 22.4 Å². The van der Waals surface area contributed by atoms with Crippen LogP contribution >= 0.6 is 11.3 Å². The second-order valence-electron chi connectivity index (χ2n) is 3.56. The molecule has 0 saturated carbocycles. The van der Waals surface area contributed by atoms with Crippen LogP contribution in [-0.4, -0.2) is 32.8 Å². The van der Waals surface area contributed by atoms with E-state index in [4.69, 9.17) is 4.74 Å². The maximum Gasteiger partial charge on any atom is 0.191 e. The lowest BCUT2D eigenvalue weighted by Crippen LogP contribution is -2.43. The zero-order chi connectivity index (χ0) is 11.8. The molecule has 90 valence electrons. The van der Waals surface area contributed by atoms with Gasteiger partial charge in [0.1, 0.15) is 0 Å². The molecule has 0 aliphatic heterocycles. The molecule has 2 N–H and O–H groups in total. The molecule has 0 spiro atoms. The average Bonchev–Trinajstić information content (AvgIpc) is 2.77. The lowest BCUT2D eigenvalue weighted by atomic mass is 10.3. The fourth-order valence-corrected chi connectivity index (χ4v) is 1.97. The van der Waals surface area contributed by atoms with Gasteiger partial charge >= 0.3 is 0 Å². The maximum atomic E-state index is 5.06. The molecule has 1 aromatic rings. The highest BCUT2D eigenvalue weighted by molar-refractivity contribution is 7.07. The van der Waals surface area contributed by atoms with Gasteiger partial charge in [0.2, 0.25) is 0 Å². The molecule has 0 saturated heterocycles. The fourth-order valence-electron chi connectivity index (χ4n) is 1.30. The minimum atomic E-state index is 0.249. The van der Waals surface area contributed by atoms with E-state index < -0.39 is 0 Å². The summed E-state index contributed by atoms with van der Waals surface area (Å²) in [5, 5.41) is 10.7. The Kier molecular flexibility index (Phi) is 5.88. The standard InChI is InChI=1S/C11H19N3OS/c1-9(7-15-3)14-11(12-2)13-6-10-4-5-16-8-10/h4-5,8-9H,6-7H2,1-3H3,(H2,12,13,14)/t9-/m0/s1. The molecule has 1 rings (SSSR count). The quantitative estimate of drug-likeness (QED) is 0.606. The normalized spacial score (nSPS) is 13.6. The van der Waals surface area contributed by atoms with Crippen molar-refractivity contribution in [3.63, 3.8) is 0 Å². The fraction of sp³-hybridized carbons (Fsp3) is 0.545. The van der Waals surface area contributed by atoms with Crippen molar-refractivity contribution in [2.75, 3.05) is 20.8 Å². The Balaban J connectivity index is 2.32. The average molecular weight is 241 g/mol. The number of rotatable bonds is 5. The molecule has 0 aliphatic carbocycles. The molecule has 16 heavy (non-hydrogen) atoms.